The third kappa shape index (κ3) is 2.56. The van der Waals surface area contributed by atoms with Crippen molar-refractivity contribution in [2.24, 2.45) is 0 Å². The number of aliphatic hydroxyl groups is 1. The summed E-state index contributed by atoms with van der Waals surface area (Å²) in [5.74, 6) is 1.57. The van der Waals surface area contributed by atoms with Crippen molar-refractivity contribution in [3.8, 4) is 5.75 Å². The van der Waals surface area contributed by atoms with Gasteiger partial charge in [-0.1, -0.05) is 31.5 Å². The van der Waals surface area contributed by atoms with Crippen molar-refractivity contribution < 1.29 is 9.84 Å². The molecule has 1 aromatic rings. The summed E-state index contributed by atoms with van der Waals surface area (Å²) in [6, 6.07) is 8.28. The van der Waals surface area contributed by atoms with Crippen molar-refractivity contribution >= 4 is 0 Å². The lowest BCUT2D eigenvalue weighted by molar-refractivity contribution is 0.155. The summed E-state index contributed by atoms with van der Waals surface area (Å²) < 4.78 is 5.63. The van der Waals surface area contributed by atoms with Crippen LogP contribution in [0.5, 0.6) is 5.75 Å². The van der Waals surface area contributed by atoms with Crippen LogP contribution in [-0.4, -0.2) is 17.8 Å². The standard InChI is InChI=1S/C14H20O2/c1-2-12(15)7-5-6-11-10-16-14-9-4-3-8-13(11)14/h3-4,8-9,11-12,15H,2,5-7,10H2,1H3. The maximum absolute atomic E-state index is 9.50. The van der Waals surface area contributed by atoms with E-state index in [1.807, 2.05) is 19.1 Å². The van der Waals surface area contributed by atoms with Crippen LogP contribution in [0, 0.1) is 0 Å². The van der Waals surface area contributed by atoms with E-state index in [1.165, 1.54) is 5.56 Å². The molecule has 1 aromatic carbocycles. The first-order valence-electron chi connectivity index (χ1n) is 6.21. The first kappa shape index (κ1) is 11.5. The average molecular weight is 220 g/mol. The van der Waals surface area contributed by atoms with Crippen molar-refractivity contribution in [2.75, 3.05) is 6.61 Å². The molecule has 0 aromatic heterocycles. The van der Waals surface area contributed by atoms with Crippen molar-refractivity contribution in [1.82, 2.24) is 0 Å². The molecular weight excluding hydrogens is 200 g/mol. The monoisotopic (exact) mass is 220 g/mol. The van der Waals surface area contributed by atoms with Crippen molar-refractivity contribution in [3.05, 3.63) is 29.8 Å². The molecule has 2 nitrogen and oxygen atoms in total. The molecule has 2 unspecified atom stereocenters. The number of aliphatic hydroxyl groups excluding tert-OH is 1. The van der Waals surface area contributed by atoms with E-state index < -0.39 is 0 Å². The van der Waals surface area contributed by atoms with Gasteiger partial charge < -0.3 is 9.84 Å². The molecule has 16 heavy (non-hydrogen) atoms. The van der Waals surface area contributed by atoms with E-state index in [0.717, 1.165) is 38.0 Å². The van der Waals surface area contributed by atoms with Gasteiger partial charge in [-0.2, -0.15) is 0 Å². The highest BCUT2D eigenvalue weighted by molar-refractivity contribution is 5.39. The molecule has 1 aliphatic rings. The van der Waals surface area contributed by atoms with Gasteiger partial charge in [-0.05, 0) is 25.3 Å². The highest BCUT2D eigenvalue weighted by Crippen LogP contribution is 2.36. The van der Waals surface area contributed by atoms with E-state index in [0.29, 0.717) is 5.92 Å². The molecule has 2 rings (SSSR count). The number of fused-ring (bicyclic) bond motifs is 1. The summed E-state index contributed by atoms with van der Waals surface area (Å²) in [6.07, 6.45) is 3.84. The molecule has 0 radical (unpaired) electrons. The molecule has 2 heteroatoms. The SMILES string of the molecule is CCC(O)CCCC1COc2ccccc21. The molecule has 0 fully saturated rings. The first-order chi connectivity index (χ1) is 7.81. The van der Waals surface area contributed by atoms with Crippen LogP contribution in [-0.2, 0) is 0 Å². The van der Waals surface area contributed by atoms with E-state index in [9.17, 15) is 5.11 Å². The largest absolute Gasteiger partial charge is 0.493 e. The summed E-state index contributed by atoms with van der Waals surface area (Å²) in [5.41, 5.74) is 1.34. The smallest absolute Gasteiger partial charge is 0.122 e. The van der Waals surface area contributed by atoms with Crippen molar-refractivity contribution in [3.63, 3.8) is 0 Å². The van der Waals surface area contributed by atoms with Gasteiger partial charge in [-0.25, -0.2) is 0 Å². The highest BCUT2D eigenvalue weighted by atomic mass is 16.5. The van der Waals surface area contributed by atoms with Crippen LogP contribution in [0.4, 0.5) is 0 Å². The molecule has 0 saturated carbocycles. The van der Waals surface area contributed by atoms with Crippen LogP contribution in [0.2, 0.25) is 0 Å². The predicted molar refractivity (Wildman–Crippen MR) is 64.8 cm³/mol. The van der Waals surface area contributed by atoms with Crippen molar-refractivity contribution in [2.45, 2.75) is 44.6 Å². The second-order valence-electron chi connectivity index (χ2n) is 4.54. The Balaban J connectivity index is 1.84. The van der Waals surface area contributed by atoms with Crippen LogP contribution < -0.4 is 4.74 Å². The van der Waals surface area contributed by atoms with Crippen LogP contribution in [0.25, 0.3) is 0 Å². The molecule has 1 heterocycles. The average Bonchev–Trinajstić information content (AvgIpc) is 2.73. The minimum absolute atomic E-state index is 0.127. The summed E-state index contributed by atoms with van der Waals surface area (Å²) in [5, 5.41) is 9.50. The van der Waals surface area contributed by atoms with Gasteiger partial charge in [0.15, 0.2) is 0 Å². The third-order valence-corrected chi connectivity index (χ3v) is 3.36. The molecule has 2 atom stereocenters. The summed E-state index contributed by atoms with van der Waals surface area (Å²) in [7, 11) is 0. The van der Waals surface area contributed by atoms with E-state index in [1.54, 1.807) is 0 Å². The molecule has 1 aliphatic heterocycles. The number of hydrogen-bond acceptors (Lipinski definition) is 2. The summed E-state index contributed by atoms with van der Waals surface area (Å²) in [6.45, 7) is 2.83. The van der Waals surface area contributed by atoms with Crippen LogP contribution in [0.1, 0.15) is 44.1 Å². The Morgan fingerprint density at radius 3 is 3.06 bits per heavy atom. The van der Waals surface area contributed by atoms with Crippen LogP contribution in [0.15, 0.2) is 24.3 Å². The molecule has 1 N–H and O–H groups in total. The van der Waals surface area contributed by atoms with E-state index in [-0.39, 0.29) is 6.10 Å². The molecule has 0 spiro atoms. The minimum Gasteiger partial charge on any atom is -0.493 e. The lowest BCUT2D eigenvalue weighted by Gasteiger charge is -2.10. The fraction of sp³-hybridized carbons (Fsp3) is 0.571. The van der Waals surface area contributed by atoms with Gasteiger partial charge in [-0.15, -0.1) is 0 Å². The Labute approximate surface area is 97.3 Å². The zero-order chi connectivity index (χ0) is 11.4. The number of para-hydroxylation sites is 1. The molecule has 0 saturated heterocycles. The lowest BCUT2D eigenvalue weighted by Crippen LogP contribution is -2.06. The van der Waals surface area contributed by atoms with Gasteiger partial charge in [0, 0.05) is 11.5 Å². The molecule has 0 amide bonds. The zero-order valence-electron chi connectivity index (χ0n) is 9.86. The van der Waals surface area contributed by atoms with E-state index >= 15 is 0 Å². The maximum atomic E-state index is 9.50. The van der Waals surface area contributed by atoms with Gasteiger partial charge >= 0.3 is 0 Å². The fourth-order valence-corrected chi connectivity index (χ4v) is 2.27. The topological polar surface area (TPSA) is 29.5 Å². The first-order valence-corrected chi connectivity index (χ1v) is 6.21. The predicted octanol–water partition coefficient (Wildman–Crippen LogP) is 3.10. The number of hydrogen-bond donors (Lipinski definition) is 1. The third-order valence-electron chi connectivity index (χ3n) is 3.36. The molecule has 0 aliphatic carbocycles. The lowest BCUT2D eigenvalue weighted by atomic mass is 9.94. The van der Waals surface area contributed by atoms with Gasteiger partial charge in [0.05, 0.1) is 12.7 Å². The Kier molecular flexibility index (Phi) is 3.83. The van der Waals surface area contributed by atoms with Gasteiger partial charge in [0.2, 0.25) is 0 Å². The minimum atomic E-state index is -0.127. The van der Waals surface area contributed by atoms with Gasteiger partial charge in [0.1, 0.15) is 5.75 Å². The Morgan fingerprint density at radius 2 is 2.25 bits per heavy atom. The zero-order valence-corrected chi connectivity index (χ0v) is 9.86. The number of ether oxygens (including phenoxy) is 1. The van der Waals surface area contributed by atoms with E-state index in [2.05, 4.69) is 12.1 Å². The number of rotatable bonds is 5. The highest BCUT2D eigenvalue weighted by Gasteiger charge is 2.22. The Morgan fingerprint density at radius 1 is 1.44 bits per heavy atom. The van der Waals surface area contributed by atoms with Crippen molar-refractivity contribution in [1.29, 1.82) is 0 Å². The summed E-state index contributed by atoms with van der Waals surface area (Å²) in [4.78, 5) is 0. The van der Waals surface area contributed by atoms with Crippen LogP contribution in [0.3, 0.4) is 0 Å². The maximum Gasteiger partial charge on any atom is 0.122 e. The number of benzene rings is 1. The fourth-order valence-electron chi connectivity index (χ4n) is 2.27. The molecule has 0 bridgehead atoms. The second kappa shape index (κ2) is 5.35. The molecular formula is C14H20O2. The second-order valence-corrected chi connectivity index (χ2v) is 4.54. The van der Waals surface area contributed by atoms with E-state index in [4.69, 9.17) is 4.74 Å². The normalized spacial score (nSPS) is 20.2. The Bertz CT molecular complexity index is 335. The quantitative estimate of drug-likeness (QED) is 0.826. The molecule has 88 valence electrons. The summed E-state index contributed by atoms with van der Waals surface area (Å²) >= 11 is 0. The van der Waals surface area contributed by atoms with Gasteiger partial charge in [0.25, 0.3) is 0 Å². The van der Waals surface area contributed by atoms with Crippen LogP contribution >= 0.6 is 0 Å². The van der Waals surface area contributed by atoms with Gasteiger partial charge in [-0.3, -0.25) is 0 Å². The Hall–Kier alpha value is -1.02.